The lowest BCUT2D eigenvalue weighted by Gasteiger charge is -2.24. The van der Waals surface area contributed by atoms with Gasteiger partial charge >= 0.3 is 11.9 Å². The molecular formula is C20H18ClNO7. The standard InChI is InChI=1S/C20H18ClNO7/c1-26-15-8-13(19(24)28-3)14(9-16(15)27-2)22-18(23)17-6-10-4-5-11(21)7-12(10)20(25)29-17/h4-5,7-9,17H,6H2,1-3H3,(H,22,23). The molecule has 2 aromatic rings. The molecule has 1 heterocycles. The van der Waals surface area contributed by atoms with Gasteiger partial charge in [-0.2, -0.15) is 0 Å². The van der Waals surface area contributed by atoms with Crippen LogP contribution in [0.2, 0.25) is 5.02 Å². The normalized spacial score (nSPS) is 15.0. The quantitative estimate of drug-likeness (QED) is 0.743. The van der Waals surface area contributed by atoms with Crippen LogP contribution in [-0.4, -0.2) is 45.3 Å². The molecule has 0 aliphatic carbocycles. The Kier molecular flexibility index (Phi) is 5.93. The summed E-state index contributed by atoms with van der Waals surface area (Å²) in [6.07, 6.45) is -0.903. The first kappa shape index (κ1) is 20.5. The Morgan fingerprint density at radius 3 is 2.45 bits per heavy atom. The third kappa shape index (κ3) is 4.12. The first-order chi connectivity index (χ1) is 13.9. The maximum Gasteiger partial charge on any atom is 0.340 e. The number of carbonyl (C=O) groups is 3. The molecule has 0 aromatic heterocycles. The first-order valence-electron chi connectivity index (χ1n) is 8.52. The minimum atomic E-state index is -1.07. The number of hydrogen-bond acceptors (Lipinski definition) is 7. The average molecular weight is 420 g/mol. The summed E-state index contributed by atoms with van der Waals surface area (Å²) in [6, 6.07) is 7.63. The fraction of sp³-hybridized carbons (Fsp3) is 0.250. The number of hydrogen-bond donors (Lipinski definition) is 1. The summed E-state index contributed by atoms with van der Waals surface area (Å²) in [5.41, 5.74) is 1.17. The van der Waals surface area contributed by atoms with Gasteiger partial charge < -0.3 is 24.3 Å². The highest BCUT2D eigenvalue weighted by Crippen LogP contribution is 2.34. The molecule has 3 rings (SSSR count). The van der Waals surface area contributed by atoms with E-state index in [1.807, 2.05) is 0 Å². The molecule has 1 N–H and O–H groups in total. The lowest BCUT2D eigenvalue weighted by Crippen LogP contribution is -2.38. The van der Waals surface area contributed by atoms with Crippen LogP contribution >= 0.6 is 11.6 Å². The minimum Gasteiger partial charge on any atom is -0.493 e. The topological polar surface area (TPSA) is 100 Å². The van der Waals surface area contributed by atoms with Crippen molar-refractivity contribution in [2.45, 2.75) is 12.5 Å². The van der Waals surface area contributed by atoms with E-state index in [0.29, 0.717) is 27.6 Å². The van der Waals surface area contributed by atoms with Gasteiger partial charge in [0.05, 0.1) is 38.1 Å². The predicted octanol–water partition coefficient (Wildman–Crippen LogP) is 2.86. The Hall–Kier alpha value is -3.26. The molecule has 0 bridgehead atoms. The van der Waals surface area contributed by atoms with Crippen molar-refractivity contribution < 1.29 is 33.3 Å². The van der Waals surface area contributed by atoms with E-state index >= 15 is 0 Å². The van der Waals surface area contributed by atoms with Crippen LogP contribution in [0, 0.1) is 0 Å². The Balaban J connectivity index is 1.89. The molecule has 9 heteroatoms. The van der Waals surface area contributed by atoms with Crippen LogP contribution in [-0.2, 0) is 20.7 Å². The largest absolute Gasteiger partial charge is 0.493 e. The highest BCUT2D eigenvalue weighted by Gasteiger charge is 2.32. The molecule has 1 aliphatic rings. The molecular weight excluding hydrogens is 402 g/mol. The Morgan fingerprint density at radius 1 is 1.10 bits per heavy atom. The van der Waals surface area contributed by atoms with Crippen LogP contribution in [0.4, 0.5) is 5.69 Å². The van der Waals surface area contributed by atoms with Crippen molar-refractivity contribution in [3.05, 3.63) is 52.0 Å². The van der Waals surface area contributed by atoms with Crippen molar-refractivity contribution in [1.82, 2.24) is 0 Å². The molecule has 1 unspecified atom stereocenters. The molecule has 152 valence electrons. The zero-order valence-corrected chi connectivity index (χ0v) is 16.7. The lowest BCUT2D eigenvalue weighted by atomic mass is 9.98. The second kappa shape index (κ2) is 8.40. The van der Waals surface area contributed by atoms with Crippen molar-refractivity contribution in [3.63, 3.8) is 0 Å². The van der Waals surface area contributed by atoms with Crippen LogP contribution in [0.5, 0.6) is 11.5 Å². The van der Waals surface area contributed by atoms with E-state index in [1.165, 1.54) is 39.5 Å². The average Bonchev–Trinajstić information content (AvgIpc) is 2.73. The van der Waals surface area contributed by atoms with E-state index in [4.69, 9.17) is 30.5 Å². The van der Waals surface area contributed by atoms with Gasteiger partial charge in [-0.3, -0.25) is 4.79 Å². The summed E-state index contributed by atoms with van der Waals surface area (Å²) < 4.78 is 20.4. The van der Waals surface area contributed by atoms with Gasteiger partial charge in [-0.05, 0) is 17.7 Å². The van der Waals surface area contributed by atoms with Crippen molar-refractivity contribution in [1.29, 1.82) is 0 Å². The summed E-state index contributed by atoms with van der Waals surface area (Å²) in [5, 5.41) is 3.01. The number of carbonyl (C=O) groups excluding carboxylic acids is 3. The number of anilines is 1. The second-order valence-electron chi connectivity index (χ2n) is 6.13. The van der Waals surface area contributed by atoms with Crippen LogP contribution in [0.15, 0.2) is 30.3 Å². The highest BCUT2D eigenvalue weighted by molar-refractivity contribution is 6.31. The summed E-state index contributed by atoms with van der Waals surface area (Å²) in [5.74, 6) is -1.33. The molecule has 2 aromatic carbocycles. The number of esters is 2. The molecule has 0 radical (unpaired) electrons. The SMILES string of the molecule is COC(=O)c1cc(OC)c(OC)cc1NC(=O)C1Cc2ccc(Cl)cc2C(=O)O1. The van der Waals surface area contributed by atoms with Crippen LogP contribution < -0.4 is 14.8 Å². The predicted molar refractivity (Wildman–Crippen MR) is 104 cm³/mol. The minimum absolute atomic E-state index is 0.0628. The molecule has 0 spiro atoms. The van der Waals surface area contributed by atoms with Gasteiger partial charge in [0.15, 0.2) is 17.6 Å². The van der Waals surface area contributed by atoms with Crippen LogP contribution in [0.3, 0.4) is 0 Å². The summed E-state index contributed by atoms with van der Waals surface area (Å²) in [7, 11) is 4.06. The van der Waals surface area contributed by atoms with Crippen molar-refractivity contribution >= 4 is 35.1 Å². The van der Waals surface area contributed by atoms with E-state index in [0.717, 1.165) is 0 Å². The second-order valence-corrected chi connectivity index (χ2v) is 6.57. The number of benzene rings is 2. The Bertz CT molecular complexity index is 989. The van der Waals surface area contributed by atoms with Gasteiger partial charge in [-0.15, -0.1) is 0 Å². The number of methoxy groups -OCH3 is 3. The molecule has 0 saturated heterocycles. The van der Waals surface area contributed by atoms with E-state index in [1.54, 1.807) is 12.1 Å². The molecule has 1 atom stereocenters. The number of rotatable bonds is 5. The number of halogens is 1. The van der Waals surface area contributed by atoms with Gasteiger partial charge in [0.1, 0.15) is 0 Å². The highest BCUT2D eigenvalue weighted by atomic mass is 35.5. The molecule has 0 saturated carbocycles. The maximum atomic E-state index is 12.8. The fourth-order valence-electron chi connectivity index (χ4n) is 2.97. The van der Waals surface area contributed by atoms with Gasteiger partial charge in [0.25, 0.3) is 5.91 Å². The van der Waals surface area contributed by atoms with Gasteiger partial charge in [-0.1, -0.05) is 17.7 Å². The fourth-order valence-corrected chi connectivity index (χ4v) is 3.14. The van der Waals surface area contributed by atoms with Gasteiger partial charge in [-0.25, -0.2) is 9.59 Å². The number of nitrogens with one attached hydrogen (secondary N) is 1. The smallest absolute Gasteiger partial charge is 0.340 e. The van der Waals surface area contributed by atoms with Crippen molar-refractivity contribution in [2.24, 2.45) is 0 Å². The molecule has 8 nitrogen and oxygen atoms in total. The van der Waals surface area contributed by atoms with Crippen molar-refractivity contribution in [2.75, 3.05) is 26.6 Å². The van der Waals surface area contributed by atoms with E-state index < -0.39 is 23.9 Å². The molecule has 1 amide bonds. The number of ether oxygens (including phenoxy) is 4. The van der Waals surface area contributed by atoms with Crippen LogP contribution in [0.25, 0.3) is 0 Å². The molecule has 0 fully saturated rings. The zero-order valence-electron chi connectivity index (χ0n) is 15.9. The lowest BCUT2D eigenvalue weighted by molar-refractivity contribution is -0.125. The van der Waals surface area contributed by atoms with E-state index in [-0.39, 0.29) is 17.7 Å². The van der Waals surface area contributed by atoms with Gasteiger partial charge in [0.2, 0.25) is 0 Å². The summed E-state index contributed by atoms with van der Waals surface area (Å²) in [6.45, 7) is 0. The number of amides is 1. The number of cyclic esters (lactones) is 1. The third-order valence-corrected chi connectivity index (χ3v) is 4.66. The number of fused-ring (bicyclic) bond motifs is 1. The summed E-state index contributed by atoms with van der Waals surface area (Å²) >= 11 is 5.91. The Morgan fingerprint density at radius 2 is 1.79 bits per heavy atom. The van der Waals surface area contributed by atoms with E-state index in [9.17, 15) is 14.4 Å². The summed E-state index contributed by atoms with van der Waals surface area (Å²) in [4.78, 5) is 37.1. The first-order valence-corrected chi connectivity index (χ1v) is 8.90. The van der Waals surface area contributed by atoms with Gasteiger partial charge in [0, 0.05) is 23.6 Å². The Labute approximate surface area is 171 Å². The molecule has 1 aliphatic heterocycles. The van der Waals surface area contributed by atoms with E-state index in [2.05, 4.69) is 5.32 Å². The third-order valence-electron chi connectivity index (χ3n) is 4.43. The molecule has 29 heavy (non-hydrogen) atoms. The van der Waals surface area contributed by atoms with Crippen molar-refractivity contribution in [3.8, 4) is 11.5 Å². The zero-order chi connectivity index (χ0) is 21.1. The van der Waals surface area contributed by atoms with Crippen LogP contribution in [0.1, 0.15) is 26.3 Å². The maximum absolute atomic E-state index is 12.8. The monoisotopic (exact) mass is 419 g/mol.